The van der Waals surface area contributed by atoms with E-state index in [9.17, 15) is 9.59 Å². The van der Waals surface area contributed by atoms with Crippen LogP contribution in [0.4, 0.5) is 0 Å². The Kier molecular flexibility index (Phi) is 3.81. The number of aliphatic carboxylic acids is 1. The Bertz CT molecular complexity index is 749. The van der Waals surface area contributed by atoms with E-state index in [0.29, 0.717) is 15.3 Å². The molecule has 0 spiro atoms. The van der Waals surface area contributed by atoms with Crippen LogP contribution in [0.3, 0.4) is 0 Å². The zero-order chi connectivity index (χ0) is 15.0. The van der Waals surface area contributed by atoms with Crippen molar-refractivity contribution in [2.24, 2.45) is 0 Å². The van der Waals surface area contributed by atoms with Crippen molar-refractivity contribution < 1.29 is 9.90 Å². The minimum atomic E-state index is -0.872. The van der Waals surface area contributed by atoms with E-state index in [2.05, 4.69) is 15.0 Å². The van der Waals surface area contributed by atoms with Gasteiger partial charge in [0.25, 0.3) is 5.56 Å². The van der Waals surface area contributed by atoms with Crippen molar-refractivity contribution in [1.29, 1.82) is 0 Å². The summed E-state index contributed by atoms with van der Waals surface area (Å²) in [6.07, 6.45) is 2.10. The number of aromatic amines is 1. The summed E-state index contributed by atoms with van der Waals surface area (Å²) in [6.45, 7) is 1.79. The fourth-order valence-electron chi connectivity index (χ4n) is 1.89. The molecule has 0 radical (unpaired) electrons. The number of thiazole rings is 1. The minimum Gasteiger partial charge on any atom is -0.481 e. The zero-order valence-corrected chi connectivity index (χ0v) is 12.9. The molecule has 1 fully saturated rings. The van der Waals surface area contributed by atoms with Gasteiger partial charge < -0.3 is 10.1 Å². The van der Waals surface area contributed by atoms with Gasteiger partial charge in [0.15, 0.2) is 4.34 Å². The number of carboxylic acids is 1. The molecule has 3 rings (SSSR count). The van der Waals surface area contributed by atoms with E-state index in [1.54, 1.807) is 6.92 Å². The van der Waals surface area contributed by atoms with Crippen LogP contribution in [0.1, 0.15) is 35.2 Å². The number of nitrogens with one attached hydrogen (secondary N) is 1. The summed E-state index contributed by atoms with van der Waals surface area (Å²) < 4.78 is 0.712. The van der Waals surface area contributed by atoms with Gasteiger partial charge in [-0.2, -0.15) is 0 Å². The van der Waals surface area contributed by atoms with Crippen LogP contribution >= 0.6 is 23.1 Å². The van der Waals surface area contributed by atoms with E-state index in [0.717, 1.165) is 29.2 Å². The Balaban J connectivity index is 1.83. The summed E-state index contributed by atoms with van der Waals surface area (Å²) in [7, 11) is 0. The molecular weight excluding hydrogens is 310 g/mol. The third-order valence-corrected chi connectivity index (χ3v) is 5.21. The van der Waals surface area contributed by atoms with Crippen LogP contribution in [0.2, 0.25) is 0 Å². The van der Waals surface area contributed by atoms with Gasteiger partial charge in [-0.25, -0.2) is 9.97 Å². The average molecular weight is 323 g/mol. The summed E-state index contributed by atoms with van der Waals surface area (Å²) in [6, 6.07) is 1.45. The van der Waals surface area contributed by atoms with Gasteiger partial charge in [0.1, 0.15) is 10.9 Å². The molecule has 110 valence electrons. The van der Waals surface area contributed by atoms with E-state index >= 15 is 0 Å². The lowest BCUT2D eigenvalue weighted by molar-refractivity contribution is -0.136. The molecule has 1 saturated carbocycles. The van der Waals surface area contributed by atoms with Crippen LogP contribution < -0.4 is 5.56 Å². The van der Waals surface area contributed by atoms with Crippen molar-refractivity contribution in [3.8, 4) is 0 Å². The van der Waals surface area contributed by atoms with Crippen LogP contribution in [0, 0.1) is 6.92 Å². The lowest BCUT2D eigenvalue weighted by Gasteiger charge is -2.00. The number of aryl methyl sites for hydroxylation is 1. The van der Waals surface area contributed by atoms with E-state index in [1.165, 1.54) is 29.2 Å². The highest BCUT2D eigenvalue weighted by molar-refractivity contribution is 8.01. The predicted molar refractivity (Wildman–Crippen MR) is 79.1 cm³/mol. The molecule has 1 aliphatic rings. The van der Waals surface area contributed by atoms with Crippen LogP contribution in [0.5, 0.6) is 0 Å². The first-order chi connectivity index (χ1) is 10.0. The van der Waals surface area contributed by atoms with Crippen molar-refractivity contribution >= 4 is 29.1 Å². The molecule has 0 unspecified atom stereocenters. The molecular formula is C13H13N3O3S2. The topological polar surface area (TPSA) is 95.9 Å². The molecule has 2 aromatic heterocycles. The lowest BCUT2D eigenvalue weighted by Crippen LogP contribution is -2.09. The number of hydrogen-bond acceptors (Lipinski definition) is 6. The van der Waals surface area contributed by atoms with Crippen molar-refractivity contribution in [3.05, 3.63) is 32.8 Å². The summed E-state index contributed by atoms with van der Waals surface area (Å²) in [5, 5.41) is 9.45. The highest BCUT2D eigenvalue weighted by Crippen LogP contribution is 2.38. The molecule has 2 heterocycles. The normalized spacial score (nSPS) is 14.3. The smallest absolute Gasteiger partial charge is 0.308 e. The molecule has 0 aromatic carbocycles. The van der Waals surface area contributed by atoms with Crippen LogP contribution in [0.25, 0.3) is 0 Å². The Labute approximate surface area is 128 Å². The van der Waals surface area contributed by atoms with Gasteiger partial charge in [0.05, 0.1) is 12.1 Å². The number of nitrogens with zero attached hydrogens (tertiary/aromatic N) is 2. The standard InChI is InChI=1S/C13H13N3O3S2/c1-6-8(4-11(18)19)20-13(14-6)21-10-5-9(17)15-12(16-10)7-2-3-7/h5,7H,2-4H2,1H3,(H,18,19)(H,15,16,17). The van der Waals surface area contributed by atoms with Gasteiger partial charge in [-0.1, -0.05) is 0 Å². The molecule has 8 heteroatoms. The molecule has 0 aliphatic heterocycles. The zero-order valence-electron chi connectivity index (χ0n) is 11.3. The first-order valence-electron chi connectivity index (χ1n) is 6.48. The molecule has 21 heavy (non-hydrogen) atoms. The van der Waals surface area contributed by atoms with Gasteiger partial charge in [-0.15, -0.1) is 11.3 Å². The van der Waals surface area contributed by atoms with Gasteiger partial charge in [-0.3, -0.25) is 9.59 Å². The Morgan fingerprint density at radius 1 is 1.52 bits per heavy atom. The fourth-order valence-corrected chi connectivity index (χ4v) is 4.07. The van der Waals surface area contributed by atoms with Gasteiger partial charge in [-0.05, 0) is 31.5 Å². The first-order valence-corrected chi connectivity index (χ1v) is 8.12. The summed E-state index contributed by atoms with van der Waals surface area (Å²) in [5.41, 5.74) is 0.561. The fraction of sp³-hybridized carbons (Fsp3) is 0.385. The summed E-state index contributed by atoms with van der Waals surface area (Å²) >= 11 is 2.64. The molecule has 6 nitrogen and oxygen atoms in total. The van der Waals surface area contributed by atoms with Crippen LogP contribution in [-0.4, -0.2) is 26.0 Å². The van der Waals surface area contributed by atoms with Crippen molar-refractivity contribution in [2.45, 2.75) is 41.5 Å². The van der Waals surface area contributed by atoms with Crippen LogP contribution in [0.15, 0.2) is 20.2 Å². The van der Waals surface area contributed by atoms with E-state index in [-0.39, 0.29) is 12.0 Å². The highest BCUT2D eigenvalue weighted by Gasteiger charge is 2.26. The Morgan fingerprint density at radius 2 is 2.29 bits per heavy atom. The van der Waals surface area contributed by atoms with Gasteiger partial charge >= 0.3 is 5.97 Å². The molecule has 2 N–H and O–H groups in total. The first kappa shape index (κ1) is 14.3. The second kappa shape index (κ2) is 5.61. The van der Waals surface area contributed by atoms with Crippen molar-refractivity contribution in [1.82, 2.24) is 15.0 Å². The summed E-state index contributed by atoms with van der Waals surface area (Å²) in [5.74, 6) is 0.242. The number of hydrogen-bond donors (Lipinski definition) is 2. The number of carboxylic acid groups (broad SMARTS) is 1. The second-order valence-electron chi connectivity index (χ2n) is 4.90. The lowest BCUT2D eigenvalue weighted by atomic mass is 10.3. The summed E-state index contributed by atoms with van der Waals surface area (Å²) in [4.78, 5) is 34.7. The van der Waals surface area contributed by atoms with Crippen molar-refractivity contribution in [2.75, 3.05) is 0 Å². The average Bonchev–Trinajstić information content (AvgIpc) is 3.16. The number of aromatic nitrogens is 3. The molecule has 0 saturated heterocycles. The monoisotopic (exact) mass is 323 g/mol. The SMILES string of the molecule is Cc1nc(Sc2cc(=O)[nH]c(C3CC3)n2)sc1CC(=O)O. The number of carbonyl (C=O) groups is 1. The number of rotatable bonds is 5. The van der Waals surface area contributed by atoms with E-state index < -0.39 is 5.97 Å². The van der Waals surface area contributed by atoms with Gasteiger partial charge in [0, 0.05) is 16.9 Å². The quantitative estimate of drug-likeness (QED) is 0.819. The molecule has 0 atom stereocenters. The minimum absolute atomic E-state index is 0.0276. The Hall–Kier alpha value is -1.67. The molecule has 0 bridgehead atoms. The number of H-pyrrole nitrogens is 1. The third kappa shape index (κ3) is 3.51. The maximum atomic E-state index is 11.6. The van der Waals surface area contributed by atoms with Crippen molar-refractivity contribution in [3.63, 3.8) is 0 Å². The molecule has 1 aliphatic carbocycles. The highest BCUT2D eigenvalue weighted by atomic mass is 32.2. The largest absolute Gasteiger partial charge is 0.481 e. The predicted octanol–water partition coefficient (Wildman–Crippen LogP) is 2.19. The molecule has 0 amide bonds. The van der Waals surface area contributed by atoms with Gasteiger partial charge in [0.2, 0.25) is 0 Å². The van der Waals surface area contributed by atoms with E-state index in [4.69, 9.17) is 5.11 Å². The van der Waals surface area contributed by atoms with Crippen LogP contribution in [-0.2, 0) is 11.2 Å². The maximum absolute atomic E-state index is 11.6. The van der Waals surface area contributed by atoms with E-state index in [1.807, 2.05) is 0 Å². The molecule has 2 aromatic rings. The third-order valence-electron chi connectivity index (χ3n) is 3.08. The Morgan fingerprint density at radius 3 is 2.95 bits per heavy atom. The second-order valence-corrected chi connectivity index (χ2v) is 7.26. The maximum Gasteiger partial charge on any atom is 0.308 e.